The van der Waals surface area contributed by atoms with Gasteiger partial charge in [-0.1, -0.05) is 5.92 Å². The number of amides is 1. The summed E-state index contributed by atoms with van der Waals surface area (Å²) in [6, 6.07) is 0. The molecule has 154 valence electrons. The van der Waals surface area contributed by atoms with E-state index in [1.54, 1.807) is 14.0 Å². The van der Waals surface area contributed by atoms with Gasteiger partial charge in [-0.15, -0.1) is 6.42 Å². The Morgan fingerprint density at radius 2 is 2.14 bits per heavy atom. The monoisotopic (exact) mass is 395 g/mol. The third kappa shape index (κ3) is 4.88. The second kappa shape index (κ2) is 8.70. The van der Waals surface area contributed by atoms with Crippen molar-refractivity contribution in [3.63, 3.8) is 0 Å². The van der Waals surface area contributed by atoms with Crippen molar-refractivity contribution in [2.45, 2.75) is 57.3 Å². The molecule has 1 aromatic rings. The SMILES string of the molecule is C#Cc1cn([C@@H]2O[C@H](C)[C@@H](O)[C@H]2O)c(=O)nc1NC(=O)OCCC(C)(C)OC. The van der Waals surface area contributed by atoms with Crippen molar-refractivity contribution in [2.75, 3.05) is 19.0 Å². The summed E-state index contributed by atoms with van der Waals surface area (Å²) in [5, 5.41) is 22.2. The van der Waals surface area contributed by atoms with Gasteiger partial charge in [0, 0.05) is 19.7 Å². The zero-order valence-corrected chi connectivity index (χ0v) is 16.2. The van der Waals surface area contributed by atoms with Gasteiger partial charge in [0.25, 0.3) is 0 Å². The summed E-state index contributed by atoms with van der Waals surface area (Å²) in [5.74, 6) is 2.15. The molecular formula is C18H25N3O7. The van der Waals surface area contributed by atoms with Crippen LogP contribution in [0.25, 0.3) is 0 Å². The van der Waals surface area contributed by atoms with Gasteiger partial charge in [-0.3, -0.25) is 9.88 Å². The van der Waals surface area contributed by atoms with E-state index in [4.69, 9.17) is 20.6 Å². The molecular weight excluding hydrogens is 370 g/mol. The molecule has 1 aromatic heterocycles. The van der Waals surface area contributed by atoms with Crippen molar-refractivity contribution in [3.8, 4) is 12.3 Å². The van der Waals surface area contributed by atoms with E-state index in [1.807, 2.05) is 13.8 Å². The molecule has 1 saturated heterocycles. The highest BCUT2D eigenvalue weighted by molar-refractivity contribution is 5.84. The number of terminal acetylenes is 1. The summed E-state index contributed by atoms with van der Waals surface area (Å²) in [4.78, 5) is 28.0. The average molecular weight is 395 g/mol. The molecule has 1 amide bonds. The van der Waals surface area contributed by atoms with Gasteiger partial charge in [-0.2, -0.15) is 4.98 Å². The number of nitrogens with zero attached hydrogens (tertiary/aromatic N) is 2. The molecule has 0 spiro atoms. The van der Waals surface area contributed by atoms with Gasteiger partial charge >= 0.3 is 11.8 Å². The van der Waals surface area contributed by atoms with E-state index >= 15 is 0 Å². The van der Waals surface area contributed by atoms with E-state index in [1.165, 1.54) is 6.20 Å². The fraction of sp³-hybridized carbons (Fsp3) is 0.611. The van der Waals surface area contributed by atoms with Gasteiger partial charge < -0.3 is 24.4 Å². The molecule has 28 heavy (non-hydrogen) atoms. The highest BCUT2D eigenvalue weighted by Crippen LogP contribution is 2.28. The number of methoxy groups -OCH3 is 1. The Labute approximate surface area is 162 Å². The van der Waals surface area contributed by atoms with E-state index < -0.39 is 41.9 Å². The molecule has 0 aromatic carbocycles. The van der Waals surface area contributed by atoms with E-state index in [0.29, 0.717) is 6.42 Å². The molecule has 0 bridgehead atoms. The van der Waals surface area contributed by atoms with Crippen LogP contribution in [0.5, 0.6) is 0 Å². The lowest BCUT2D eigenvalue weighted by molar-refractivity contribution is -0.0350. The summed E-state index contributed by atoms with van der Waals surface area (Å²) in [6.45, 7) is 5.35. The van der Waals surface area contributed by atoms with Gasteiger partial charge in [-0.05, 0) is 20.8 Å². The van der Waals surface area contributed by atoms with Crippen LogP contribution in [0.3, 0.4) is 0 Å². The normalized spacial score (nSPS) is 24.6. The summed E-state index contributed by atoms with van der Waals surface area (Å²) in [6.07, 6.45) is 2.00. The van der Waals surface area contributed by atoms with Crippen LogP contribution in [0.4, 0.5) is 10.6 Å². The quantitative estimate of drug-likeness (QED) is 0.583. The second-order valence-corrected chi connectivity index (χ2v) is 7.03. The van der Waals surface area contributed by atoms with Crippen LogP contribution in [-0.2, 0) is 14.2 Å². The number of hydrogen-bond acceptors (Lipinski definition) is 8. The number of carbonyl (C=O) groups excluding carboxylic acids is 1. The standard InChI is InChI=1S/C18H25N3O7/c1-6-11-9-21(15-13(23)12(22)10(2)28-15)16(24)19-14(11)20-17(25)27-8-7-18(3,4)26-5/h1,9-10,12-13,15,22-23H,7-8H2,2-5H3,(H,19,20,24,25)/t10-,12-,13-,15-/m1/s1. The molecule has 0 radical (unpaired) electrons. The van der Waals surface area contributed by atoms with E-state index in [2.05, 4.69) is 16.2 Å². The first-order chi connectivity index (χ1) is 13.1. The minimum Gasteiger partial charge on any atom is -0.449 e. The Balaban J connectivity index is 2.13. The van der Waals surface area contributed by atoms with Gasteiger partial charge in [0.05, 0.1) is 23.9 Å². The number of carbonyl (C=O) groups is 1. The Bertz CT molecular complexity index is 814. The van der Waals surface area contributed by atoms with Gasteiger partial charge in [0.1, 0.15) is 12.2 Å². The van der Waals surface area contributed by atoms with Gasteiger partial charge in [0.2, 0.25) is 0 Å². The molecule has 10 nitrogen and oxygen atoms in total. The zero-order chi connectivity index (χ0) is 21.1. The highest BCUT2D eigenvalue weighted by Gasteiger charge is 2.42. The number of hydrogen-bond donors (Lipinski definition) is 3. The van der Waals surface area contributed by atoms with Gasteiger partial charge in [-0.25, -0.2) is 9.59 Å². The number of rotatable bonds is 6. The topological polar surface area (TPSA) is 132 Å². The Kier molecular flexibility index (Phi) is 6.79. The van der Waals surface area contributed by atoms with E-state index in [9.17, 15) is 19.8 Å². The maximum atomic E-state index is 12.3. The largest absolute Gasteiger partial charge is 0.449 e. The molecule has 4 atom stereocenters. The van der Waals surface area contributed by atoms with E-state index in [0.717, 1.165) is 4.57 Å². The number of nitrogens with one attached hydrogen (secondary N) is 1. The number of anilines is 1. The lowest BCUT2D eigenvalue weighted by Gasteiger charge is -2.22. The van der Waals surface area contributed by atoms with Gasteiger partial charge in [0.15, 0.2) is 12.0 Å². The number of aliphatic hydroxyl groups excluding tert-OH is 2. The maximum absolute atomic E-state index is 12.3. The molecule has 1 fully saturated rings. The van der Waals surface area contributed by atoms with Crippen molar-refractivity contribution in [1.29, 1.82) is 0 Å². The average Bonchev–Trinajstić information content (AvgIpc) is 2.89. The number of aromatic nitrogens is 2. The molecule has 1 aliphatic rings. The summed E-state index contributed by atoms with van der Waals surface area (Å²) < 4.78 is 16.7. The molecule has 0 aliphatic carbocycles. The second-order valence-electron chi connectivity index (χ2n) is 7.03. The van der Waals surface area contributed by atoms with Crippen LogP contribution in [0, 0.1) is 12.3 Å². The first-order valence-corrected chi connectivity index (χ1v) is 8.70. The number of aliphatic hydroxyl groups is 2. The molecule has 0 unspecified atom stereocenters. The fourth-order valence-corrected chi connectivity index (χ4v) is 2.53. The van der Waals surface area contributed by atoms with Crippen LogP contribution < -0.4 is 11.0 Å². The lowest BCUT2D eigenvalue weighted by Crippen LogP contribution is -2.36. The minimum atomic E-state index is -1.33. The minimum absolute atomic E-state index is 0.0821. The van der Waals surface area contributed by atoms with Crippen molar-refractivity contribution >= 4 is 11.9 Å². The van der Waals surface area contributed by atoms with Crippen molar-refractivity contribution in [2.24, 2.45) is 0 Å². The third-order valence-electron chi connectivity index (χ3n) is 4.57. The first-order valence-electron chi connectivity index (χ1n) is 8.70. The molecule has 3 N–H and O–H groups in total. The van der Waals surface area contributed by atoms with Crippen LogP contribution >= 0.6 is 0 Å². The van der Waals surface area contributed by atoms with Crippen LogP contribution in [0.15, 0.2) is 11.0 Å². The Morgan fingerprint density at radius 3 is 2.68 bits per heavy atom. The highest BCUT2D eigenvalue weighted by atomic mass is 16.6. The van der Waals surface area contributed by atoms with Crippen molar-refractivity contribution in [1.82, 2.24) is 9.55 Å². The molecule has 2 heterocycles. The summed E-state index contributed by atoms with van der Waals surface area (Å²) in [7, 11) is 1.56. The lowest BCUT2D eigenvalue weighted by atomic mass is 10.1. The van der Waals surface area contributed by atoms with Crippen molar-refractivity contribution < 1.29 is 29.2 Å². The predicted molar refractivity (Wildman–Crippen MR) is 98.7 cm³/mol. The maximum Gasteiger partial charge on any atom is 0.412 e. The molecule has 10 heteroatoms. The summed E-state index contributed by atoms with van der Waals surface area (Å²) in [5.41, 5.74) is -1.19. The van der Waals surface area contributed by atoms with Crippen LogP contribution in [0.2, 0.25) is 0 Å². The molecule has 0 saturated carbocycles. The smallest absolute Gasteiger partial charge is 0.412 e. The van der Waals surface area contributed by atoms with Crippen molar-refractivity contribution in [3.05, 3.63) is 22.2 Å². The number of ether oxygens (including phenoxy) is 3. The van der Waals surface area contributed by atoms with E-state index in [-0.39, 0.29) is 18.0 Å². The molecule has 2 rings (SSSR count). The Morgan fingerprint density at radius 1 is 1.46 bits per heavy atom. The zero-order valence-electron chi connectivity index (χ0n) is 16.2. The predicted octanol–water partition coefficient (Wildman–Crippen LogP) is 0.227. The Hall–Kier alpha value is -2.45. The first kappa shape index (κ1) is 21.8. The summed E-state index contributed by atoms with van der Waals surface area (Å²) >= 11 is 0. The fourth-order valence-electron chi connectivity index (χ4n) is 2.53. The third-order valence-corrected chi connectivity index (χ3v) is 4.57. The van der Waals surface area contributed by atoms with Crippen LogP contribution in [-0.4, -0.2) is 63.5 Å². The molecule has 1 aliphatic heterocycles. The van der Waals surface area contributed by atoms with Crippen LogP contribution in [0.1, 0.15) is 39.0 Å².